The highest BCUT2D eigenvalue weighted by Crippen LogP contribution is 2.27. The molecule has 68 valence electrons. The van der Waals surface area contributed by atoms with Crippen LogP contribution in [-0.2, 0) is 0 Å². The van der Waals surface area contributed by atoms with E-state index in [2.05, 4.69) is 19.9 Å². The van der Waals surface area contributed by atoms with Gasteiger partial charge in [-0.25, -0.2) is 19.9 Å². The first-order valence-electron chi connectivity index (χ1n) is 4.23. The van der Waals surface area contributed by atoms with Crippen molar-refractivity contribution in [2.75, 3.05) is 11.9 Å². The fraction of sp³-hybridized carbons (Fsp3) is 0.111. The van der Waals surface area contributed by atoms with Crippen LogP contribution in [-0.4, -0.2) is 27.0 Å². The summed E-state index contributed by atoms with van der Waals surface area (Å²) in [5, 5.41) is 0.917. The molecule has 3 heterocycles. The summed E-state index contributed by atoms with van der Waals surface area (Å²) >= 11 is 0. The molecule has 2 aromatic heterocycles. The van der Waals surface area contributed by atoms with E-state index in [4.69, 9.17) is 0 Å². The van der Waals surface area contributed by atoms with Crippen molar-refractivity contribution in [2.24, 2.45) is 0 Å². The first-order chi connectivity index (χ1) is 6.86. The predicted octanol–water partition coefficient (Wildman–Crippen LogP) is 0.840. The lowest BCUT2D eigenvalue weighted by atomic mass is 10.2. The van der Waals surface area contributed by atoms with Gasteiger partial charge in [0.25, 0.3) is 0 Å². The standard InChI is InChI=1S/C9H7N5/c1-14-3-2-6-7-8(11-4-10-6)12-5-13-9(7)14/h2-5H,1H3. The van der Waals surface area contributed by atoms with E-state index in [0.717, 1.165) is 16.9 Å². The monoisotopic (exact) mass is 185 g/mol. The van der Waals surface area contributed by atoms with Crippen molar-refractivity contribution < 1.29 is 0 Å². The molecule has 0 saturated carbocycles. The molecule has 3 rings (SSSR count). The molecule has 5 heteroatoms. The molecule has 0 N–H and O–H groups in total. The average Bonchev–Trinajstić information content (AvgIpc) is 2.24. The van der Waals surface area contributed by atoms with Gasteiger partial charge >= 0.3 is 0 Å². The van der Waals surface area contributed by atoms with Gasteiger partial charge in [0, 0.05) is 13.2 Å². The van der Waals surface area contributed by atoms with Gasteiger partial charge in [0.2, 0.25) is 0 Å². The Morgan fingerprint density at radius 2 is 1.86 bits per heavy atom. The second-order valence-corrected chi connectivity index (χ2v) is 3.08. The number of rotatable bonds is 0. The van der Waals surface area contributed by atoms with Crippen molar-refractivity contribution >= 4 is 22.9 Å². The Morgan fingerprint density at radius 3 is 2.71 bits per heavy atom. The quantitative estimate of drug-likeness (QED) is 0.608. The zero-order valence-electron chi connectivity index (χ0n) is 7.55. The van der Waals surface area contributed by atoms with Crippen LogP contribution in [0.3, 0.4) is 0 Å². The number of anilines is 1. The maximum atomic E-state index is 4.20. The first-order valence-corrected chi connectivity index (χ1v) is 4.23. The Bertz CT molecular complexity index is 528. The summed E-state index contributed by atoms with van der Waals surface area (Å²) in [5.74, 6) is 0.855. The van der Waals surface area contributed by atoms with Gasteiger partial charge in [0.15, 0.2) is 5.65 Å². The molecule has 2 aromatic rings. The van der Waals surface area contributed by atoms with Gasteiger partial charge in [0.05, 0.1) is 11.1 Å². The molecule has 0 radical (unpaired) electrons. The van der Waals surface area contributed by atoms with E-state index in [-0.39, 0.29) is 0 Å². The molecule has 0 amide bonds. The van der Waals surface area contributed by atoms with Crippen molar-refractivity contribution in [3.8, 4) is 0 Å². The number of aromatic nitrogens is 4. The fourth-order valence-electron chi connectivity index (χ4n) is 1.55. The van der Waals surface area contributed by atoms with Gasteiger partial charge in [0.1, 0.15) is 18.5 Å². The van der Waals surface area contributed by atoms with E-state index < -0.39 is 0 Å². The third-order valence-corrected chi connectivity index (χ3v) is 2.23. The summed E-state index contributed by atoms with van der Waals surface area (Å²) < 4.78 is 0. The third kappa shape index (κ3) is 0.834. The number of hydrogen-bond donors (Lipinski definition) is 0. The minimum atomic E-state index is 0.691. The zero-order chi connectivity index (χ0) is 9.54. The van der Waals surface area contributed by atoms with E-state index in [1.165, 1.54) is 12.7 Å². The summed E-state index contributed by atoms with van der Waals surface area (Å²) in [6.07, 6.45) is 6.89. The Hall–Kier alpha value is -2.04. The van der Waals surface area contributed by atoms with Gasteiger partial charge in [-0.1, -0.05) is 0 Å². The van der Waals surface area contributed by atoms with Crippen LogP contribution in [0, 0.1) is 0 Å². The Balaban J connectivity index is 2.52. The SMILES string of the molecule is CN1C=Cc2ncnc3ncnc1c23. The van der Waals surface area contributed by atoms with Crippen LogP contribution < -0.4 is 4.90 Å². The zero-order valence-corrected chi connectivity index (χ0v) is 7.55. The highest BCUT2D eigenvalue weighted by Gasteiger charge is 2.15. The van der Waals surface area contributed by atoms with Crippen molar-refractivity contribution in [3.63, 3.8) is 0 Å². The van der Waals surface area contributed by atoms with Crippen molar-refractivity contribution in [2.45, 2.75) is 0 Å². The second kappa shape index (κ2) is 2.47. The highest BCUT2D eigenvalue weighted by molar-refractivity contribution is 5.95. The summed E-state index contributed by atoms with van der Waals surface area (Å²) in [6.45, 7) is 0. The molecule has 0 fully saturated rings. The molecule has 0 bridgehead atoms. The minimum Gasteiger partial charge on any atom is -0.335 e. The van der Waals surface area contributed by atoms with Crippen LogP contribution in [0.15, 0.2) is 18.9 Å². The Morgan fingerprint density at radius 1 is 1.07 bits per heavy atom. The first kappa shape index (κ1) is 7.37. The molecule has 0 unspecified atom stereocenters. The number of nitrogens with zero attached hydrogens (tertiary/aromatic N) is 5. The van der Waals surface area contributed by atoms with Gasteiger partial charge in [-0.15, -0.1) is 0 Å². The van der Waals surface area contributed by atoms with Gasteiger partial charge in [-0.3, -0.25) is 0 Å². The Labute approximate surface area is 80.2 Å². The van der Waals surface area contributed by atoms with Gasteiger partial charge < -0.3 is 4.90 Å². The lowest BCUT2D eigenvalue weighted by Gasteiger charge is -2.18. The molecule has 0 spiro atoms. The Kier molecular flexibility index (Phi) is 1.30. The topological polar surface area (TPSA) is 54.8 Å². The minimum absolute atomic E-state index is 0.691. The molecule has 1 aliphatic heterocycles. The maximum Gasteiger partial charge on any atom is 0.168 e. The molecule has 0 aliphatic carbocycles. The van der Waals surface area contributed by atoms with Crippen LogP contribution >= 0.6 is 0 Å². The van der Waals surface area contributed by atoms with Crippen LogP contribution in [0.1, 0.15) is 5.69 Å². The summed E-state index contributed by atoms with van der Waals surface area (Å²) in [4.78, 5) is 18.5. The third-order valence-electron chi connectivity index (χ3n) is 2.23. The molecule has 5 nitrogen and oxygen atoms in total. The lowest BCUT2D eigenvalue weighted by molar-refractivity contribution is 1.06. The van der Waals surface area contributed by atoms with Crippen molar-refractivity contribution in [3.05, 3.63) is 24.5 Å². The van der Waals surface area contributed by atoms with Crippen LogP contribution in [0.4, 0.5) is 5.82 Å². The highest BCUT2D eigenvalue weighted by atomic mass is 15.2. The second-order valence-electron chi connectivity index (χ2n) is 3.08. The summed E-state index contributed by atoms with van der Waals surface area (Å²) in [6, 6.07) is 0. The average molecular weight is 185 g/mol. The van der Waals surface area contributed by atoms with Gasteiger partial charge in [-0.2, -0.15) is 0 Å². The van der Waals surface area contributed by atoms with E-state index in [1.54, 1.807) is 0 Å². The molecular weight excluding hydrogens is 178 g/mol. The van der Waals surface area contributed by atoms with Crippen LogP contribution in [0.5, 0.6) is 0 Å². The van der Waals surface area contributed by atoms with Crippen molar-refractivity contribution in [1.29, 1.82) is 0 Å². The molecule has 0 atom stereocenters. The van der Waals surface area contributed by atoms with Gasteiger partial charge in [-0.05, 0) is 6.08 Å². The van der Waals surface area contributed by atoms with E-state index in [9.17, 15) is 0 Å². The molecule has 1 aliphatic rings. The summed E-state index contributed by atoms with van der Waals surface area (Å²) in [7, 11) is 1.94. The van der Waals surface area contributed by atoms with E-state index in [0.29, 0.717) is 5.65 Å². The molecular formula is C9H7N5. The van der Waals surface area contributed by atoms with Crippen LogP contribution in [0.25, 0.3) is 17.1 Å². The lowest BCUT2D eigenvalue weighted by Crippen LogP contribution is -2.14. The van der Waals surface area contributed by atoms with E-state index in [1.807, 2.05) is 24.2 Å². The van der Waals surface area contributed by atoms with Crippen LogP contribution in [0.2, 0.25) is 0 Å². The van der Waals surface area contributed by atoms with E-state index >= 15 is 0 Å². The summed E-state index contributed by atoms with van der Waals surface area (Å²) in [5.41, 5.74) is 1.57. The normalized spacial score (nSPS) is 13.6. The molecule has 0 saturated heterocycles. The maximum absolute atomic E-state index is 4.20. The molecule has 14 heavy (non-hydrogen) atoms. The smallest absolute Gasteiger partial charge is 0.168 e. The van der Waals surface area contributed by atoms with Crippen molar-refractivity contribution in [1.82, 2.24) is 19.9 Å². The molecule has 0 aromatic carbocycles. The largest absolute Gasteiger partial charge is 0.335 e. The number of hydrogen-bond acceptors (Lipinski definition) is 5. The predicted molar refractivity (Wildman–Crippen MR) is 52.6 cm³/mol. The fourth-order valence-corrected chi connectivity index (χ4v) is 1.55.